The number of hydrogen-bond acceptors (Lipinski definition) is 4. The Morgan fingerprint density at radius 3 is 2.62 bits per heavy atom. The van der Waals surface area contributed by atoms with Crippen LogP contribution in [0.3, 0.4) is 0 Å². The van der Waals surface area contributed by atoms with Crippen molar-refractivity contribution in [3.8, 4) is 0 Å². The van der Waals surface area contributed by atoms with Gasteiger partial charge in [-0.1, -0.05) is 42.1 Å². The average molecular weight is 234 g/mol. The van der Waals surface area contributed by atoms with E-state index in [2.05, 4.69) is 22.3 Å². The normalized spacial score (nSPS) is 10.6. The minimum atomic E-state index is 0.426. The van der Waals surface area contributed by atoms with E-state index in [0.717, 1.165) is 16.7 Å². The highest BCUT2D eigenvalue weighted by molar-refractivity contribution is 7.98. The molecule has 1 heterocycles. The van der Waals surface area contributed by atoms with Gasteiger partial charge in [-0.2, -0.15) is 0 Å². The molecular formula is C11H14N4S. The van der Waals surface area contributed by atoms with Gasteiger partial charge in [-0.3, -0.25) is 0 Å². The summed E-state index contributed by atoms with van der Waals surface area (Å²) in [5, 5.41) is 9.02. The zero-order chi connectivity index (χ0) is 11.4. The van der Waals surface area contributed by atoms with Crippen LogP contribution in [0.1, 0.15) is 11.4 Å². The molecule has 0 saturated carbocycles. The third kappa shape index (κ3) is 2.43. The van der Waals surface area contributed by atoms with Gasteiger partial charge in [-0.05, 0) is 5.56 Å². The molecule has 0 bridgehead atoms. The van der Waals surface area contributed by atoms with Crippen LogP contribution in [-0.2, 0) is 19.3 Å². The van der Waals surface area contributed by atoms with Gasteiger partial charge in [-0.25, -0.2) is 0 Å². The number of aromatic nitrogens is 3. The first-order chi connectivity index (χ1) is 7.81. The van der Waals surface area contributed by atoms with Gasteiger partial charge in [0.15, 0.2) is 5.16 Å². The molecule has 0 spiro atoms. The summed E-state index contributed by atoms with van der Waals surface area (Å²) < 4.78 is 1.94. The van der Waals surface area contributed by atoms with E-state index in [1.54, 1.807) is 11.8 Å². The molecule has 1 aromatic carbocycles. The lowest BCUT2D eigenvalue weighted by Gasteiger charge is -2.02. The molecule has 2 aromatic rings. The van der Waals surface area contributed by atoms with Gasteiger partial charge in [0.2, 0.25) is 0 Å². The van der Waals surface area contributed by atoms with E-state index in [1.807, 2.05) is 29.8 Å². The molecule has 0 amide bonds. The monoisotopic (exact) mass is 234 g/mol. The molecule has 16 heavy (non-hydrogen) atoms. The Bertz CT molecular complexity index is 452. The van der Waals surface area contributed by atoms with Crippen LogP contribution >= 0.6 is 11.8 Å². The van der Waals surface area contributed by atoms with E-state index in [-0.39, 0.29) is 0 Å². The van der Waals surface area contributed by atoms with Crippen LogP contribution < -0.4 is 5.73 Å². The Labute approximate surface area is 98.9 Å². The van der Waals surface area contributed by atoms with Gasteiger partial charge in [0, 0.05) is 12.8 Å². The molecule has 0 aliphatic carbocycles. The molecule has 0 atom stereocenters. The Balaban J connectivity index is 2.02. The van der Waals surface area contributed by atoms with Crippen molar-refractivity contribution in [2.45, 2.75) is 17.5 Å². The topological polar surface area (TPSA) is 56.7 Å². The van der Waals surface area contributed by atoms with E-state index < -0.39 is 0 Å². The molecule has 2 N–H and O–H groups in total. The summed E-state index contributed by atoms with van der Waals surface area (Å²) in [5.41, 5.74) is 6.82. The molecule has 2 rings (SSSR count). The first-order valence-electron chi connectivity index (χ1n) is 5.06. The van der Waals surface area contributed by atoms with Crippen molar-refractivity contribution in [1.82, 2.24) is 14.8 Å². The zero-order valence-electron chi connectivity index (χ0n) is 9.13. The highest BCUT2D eigenvalue weighted by atomic mass is 32.2. The molecule has 0 unspecified atom stereocenters. The Morgan fingerprint density at radius 2 is 2.00 bits per heavy atom. The first kappa shape index (κ1) is 11.2. The number of benzene rings is 1. The van der Waals surface area contributed by atoms with E-state index in [4.69, 9.17) is 5.73 Å². The number of thioether (sulfide) groups is 1. The molecule has 1 aromatic heterocycles. The summed E-state index contributed by atoms with van der Waals surface area (Å²) in [7, 11) is 1.94. The van der Waals surface area contributed by atoms with Crippen LogP contribution in [0.5, 0.6) is 0 Å². The van der Waals surface area contributed by atoms with Gasteiger partial charge in [-0.15, -0.1) is 10.2 Å². The highest BCUT2D eigenvalue weighted by Crippen LogP contribution is 2.20. The summed E-state index contributed by atoms with van der Waals surface area (Å²) in [6.45, 7) is 0.426. The standard InChI is InChI=1S/C11H14N4S/c1-15-10(7-12)13-14-11(15)16-8-9-5-3-2-4-6-9/h2-6H,7-8,12H2,1H3. The highest BCUT2D eigenvalue weighted by Gasteiger charge is 2.07. The van der Waals surface area contributed by atoms with Crippen LogP contribution in [0.25, 0.3) is 0 Å². The van der Waals surface area contributed by atoms with E-state index in [1.165, 1.54) is 5.56 Å². The van der Waals surface area contributed by atoms with E-state index in [9.17, 15) is 0 Å². The van der Waals surface area contributed by atoms with Crippen molar-refractivity contribution in [2.24, 2.45) is 12.8 Å². The van der Waals surface area contributed by atoms with Crippen molar-refractivity contribution in [3.05, 3.63) is 41.7 Å². The van der Waals surface area contributed by atoms with Crippen LogP contribution in [-0.4, -0.2) is 14.8 Å². The van der Waals surface area contributed by atoms with Crippen LogP contribution in [0, 0.1) is 0 Å². The van der Waals surface area contributed by atoms with Gasteiger partial charge in [0.05, 0.1) is 6.54 Å². The van der Waals surface area contributed by atoms with Crippen molar-refractivity contribution < 1.29 is 0 Å². The van der Waals surface area contributed by atoms with Gasteiger partial charge in [0.25, 0.3) is 0 Å². The number of hydrogen-bond donors (Lipinski definition) is 1. The molecule has 0 fully saturated rings. The number of nitrogens with zero attached hydrogens (tertiary/aromatic N) is 3. The van der Waals surface area contributed by atoms with Crippen molar-refractivity contribution in [1.29, 1.82) is 0 Å². The van der Waals surface area contributed by atoms with Gasteiger partial charge >= 0.3 is 0 Å². The minimum Gasteiger partial charge on any atom is -0.324 e. The summed E-state index contributed by atoms with van der Waals surface area (Å²) in [5.74, 6) is 1.72. The summed E-state index contributed by atoms with van der Waals surface area (Å²) >= 11 is 1.67. The summed E-state index contributed by atoms with van der Waals surface area (Å²) in [6.07, 6.45) is 0. The molecule has 5 heteroatoms. The lowest BCUT2D eigenvalue weighted by Crippen LogP contribution is -2.05. The predicted octanol–water partition coefficient (Wildman–Crippen LogP) is 1.57. The van der Waals surface area contributed by atoms with Crippen molar-refractivity contribution in [3.63, 3.8) is 0 Å². The van der Waals surface area contributed by atoms with Crippen LogP contribution in [0.2, 0.25) is 0 Å². The quantitative estimate of drug-likeness (QED) is 0.816. The Kier molecular flexibility index (Phi) is 3.58. The van der Waals surface area contributed by atoms with E-state index >= 15 is 0 Å². The largest absolute Gasteiger partial charge is 0.324 e. The summed E-state index contributed by atoms with van der Waals surface area (Å²) in [4.78, 5) is 0. The zero-order valence-corrected chi connectivity index (χ0v) is 9.94. The minimum absolute atomic E-state index is 0.426. The lowest BCUT2D eigenvalue weighted by molar-refractivity contribution is 0.734. The molecule has 4 nitrogen and oxygen atoms in total. The fourth-order valence-corrected chi connectivity index (χ4v) is 2.26. The van der Waals surface area contributed by atoms with Gasteiger partial charge in [0.1, 0.15) is 5.82 Å². The van der Waals surface area contributed by atoms with Crippen molar-refractivity contribution in [2.75, 3.05) is 0 Å². The maximum atomic E-state index is 5.54. The second kappa shape index (κ2) is 5.14. The Hall–Kier alpha value is -1.33. The smallest absolute Gasteiger partial charge is 0.191 e. The second-order valence-corrected chi connectivity index (χ2v) is 4.38. The first-order valence-corrected chi connectivity index (χ1v) is 6.05. The molecule has 0 saturated heterocycles. The SMILES string of the molecule is Cn1c(CN)nnc1SCc1ccccc1. The fourth-order valence-electron chi connectivity index (χ4n) is 1.37. The maximum Gasteiger partial charge on any atom is 0.191 e. The maximum absolute atomic E-state index is 5.54. The third-order valence-corrected chi connectivity index (χ3v) is 3.41. The molecule has 0 aliphatic rings. The summed E-state index contributed by atoms with van der Waals surface area (Å²) in [6, 6.07) is 10.3. The third-order valence-electron chi connectivity index (χ3n) is 2.32. The number of nitrogens with two attached hydrogens (primary N) is 1. The average Bonchev–Trinajstić information content (AvgIpc) is 2.69. The van der Waals surface area contributed by atoms with Gasteiger partial charge < -0.3 is 10.3 Å². The lowest BCUT2D eigenvalue weighted by atomic mass is 10.2. The fraction of sp³-hybridized carbons (Fsp3) is 0.273. The van der Waals surface area contributed by atoms with Crippen LogP contribution in [0.15, 0.2) is 35.5 Å². The predicted molar refractivity (Wildman–Crippen MR) is 64.9 cm³/mol. The van der Waals surface area contributed by atoms with E-state index in [0.29, 0.717) is 6.54 Å². The Morgan fingerprint density at radius 1 is 1.25 bits per heavy atom. The van der Waals surface area contributed by atoms with Crippen molar-refractivity contribution >= 4 is 11.8 Å². The molecular weight excluding hydrogens is 220 g/mol. The number of rotatable bonds is 4. The molecule has 0 radical (unpaired) electrons. The second-order valence-electron chi connectivity index (χ2n) is 3.44. The molecule has 84 valence electrons. The molecule has 0 aliphatic heterocycles. The van der Waals surface area contributed by atoms with Crippen LogP contribution in [0.4, 0.5) is 0 Å².